The van der Waals surface area contributed by atoms with Crippen LogP contribution >= 0.6 is 0 Å². The van der Waals surface area contributed by atoms with Gasteiger partial charge in [-0.25, -0.2) is 9.59 Å². The molecular weight excluding hydrogens is 230 g/mol. The minimum atomic E-state index is -1.73. The Bertz CT molecular complexity index is 371. The predicted molar refractivity (Wildman–Crippen MR) is 55.5 cm³/mol. The summed E-state index contributed by atoms with van der Waals surface area (Å²) in [5.74, 6) is -3.72. The van der Waals surface area contributed by atoms with Gasteiger partial charge in [-0.2, -0.15) is 0 Å². The maximum absolute atomic E-state index is 11.4. The van der Waals surface area contributed by atoms with Crippen molar-refractivity contribution in [3.05, 3.63) is 0 Å². The van der Waals surface area contributed by atoms with E-state index in [-0.39, 0.29) is 6.42 Å². The molecular formula is C10H15NO6. The molecule has 0 spiro atoms. The lowest BCUT2D eigenvalue weighted by Gasteiger charge is -2.22. The lowest BCUT2D eigenvalue weighted by Crippen LogP contribution is -2.47. The fourth-order valence-electron chi connectivity index (χ4n) is 1.47. The van der Waals surface area contributed by atoms with E-state index in [4.69, 9.17) is 14.9 Å². The van der Waals surface area contributed by atoms with Gasteiger partial charge in [-0.3, -0.25) is 4.79 Å². The van der Waals surface area contributed by atoms with Crippen LogP contribution in [0, 0.1) is 5.92 Å². The van der Waals surface area contributed by atoms with Gasteiger partial charge < -0.3 is 20.3 Å². The maximum atomic E-state index is 11.4. The van der Waals surface area contributed by atoms with Gasteiger partial charge in [0.2, 0.25) is 0 Å². The summed E-state index contributed by atoms with van der Waals surface area (Å²) >= 11 is 0. The molecule has 1 aliphatic carbocycles. The van der Waals surface area contributed by atoms with Crippen molar-refractivity contribution in [2.24, 2.45) is 5.92 Å². The average molecular weight is 245 g/mol. The van der Waals surface area contributed by atoms with Crippen LogP contribution in [0.2, 0.25) is 0 Å². The first kappa shape index (κ1) is 13.3. The highest BCUT2D eigenvalue weighted by Crippen LogP contribution is 2.44. The molecule has 0 aromatic rings. The Kier molecular flexibility index (Phi) is 3.05. The molecule has 1 aliphatic rings. The van der Waals surface area contributed by atoms with Gasteiger partial charge in [0.1, 0.15) is 5.60 Å². The summed E-state index contributed by atoms with van der Waals surface area (Å²) in [6.07, 6.45) is -1.06. The maximum Gasteiger partial charge on any atom is 0.408 e. The van der Waals surface area contributed by atoms with E-state index in [0.717, 1.165) is 0 Å². The van der Waals surface area contributed by atoms with Gasteiger partial charge in [0.15, 0.2) is 5.54 Å². The number of carboxylic acid groups (broad SMARTS) is 2. The molecule has 0 radical (unpaired) electrons. The van der Waals surface area contributed by atoms with E-state index >= 15 is 0 Å². The van der Waals surface area contributed by atoms with Crippen LogP contribution in [-0.4, -0.2) is 39.4 Å². The van der Waals surface area contributed by atoms with Crippen molar-refractivity contribution < 1.29 is 29.3 Å². The van der Waals surface area contributed by atoms with Crippen LogP contribution in [0.4, 0.5) is 4.79 Å². The molecule has 0 aromatic carbocycles. The highest BCUT2D eigenvalue weighted by atomic mass is 16.6. The number of carboxylic acids is 2. The van der Waals surface area contributed by atoms with E-state index in [9.17, 15) is 14.4 Å². The Morgan fingerprint density at radius 3 is 2.12 bits per heavy atom. The van der Waals surface area contributed by atoms with Gasteiger partial charge in [0.25, 0.3) is 0 Å². The molecule has 2 atom stereocenters. The zero-order valence-electron chi connectivity index (χ0n) is 9.81. The molecule has 3 N–H and O–H groups in total. The number of carbonyl (C=O) groups excluding carboxylic acids is 1. The van der Waals surface area contributed by atoms with Crippen LogP contribution in [-0.2, 0) is 14.3 Å². The Labute approximate surface area is 97.8 Å². The average Bonchev–Trinajstić information content (AvgIpc) is 2.76. The number of rotatable bonds is 3. The first-order valence-corrected chi connectivity index (χ1v) is 5.06. The molecule has 0 aliphatic heterocycles. The second-order valence-electron chi connectivity index (χ2n) is 5.00. The number of nitrogens with one attached hydrogen (secondary N) is 1. The number of hydrogen-bond acceptors (Lipinski definition) is 4. The van der Waals surface area contributed by atoms with E-state index in [1.165, 1.54) is 0 Å². The highest BCUT2D eigenvalue weighted by Gasteiger charge is 2.66. The molecule has 0 unspecified atom stereocenters. The van der Waals surface area contributed by atoms with Gasteiger partial charge in [-0.1, -0.05) is 0 Å². The van der Waals surface area contributed by atoms with Gasteiger partial charge in [-0.15, -0.1) is 0 Å². The van der Waals surface area contributed by atoms with Gasteiger partial charge in [0, 0.05) is 0 Å². The van der Waals surface area contributed by atoms with E-state index in [1.54, 1.807) is 20.8 Å². The number of carbonyl (C=O) groups is 3. The van der Waals surface area contributed by atoms with Crippen molar-refractivity contribution in [3.63, 3.8) is 0 Å². The number of ether oxygens (including phenoxy) is 1. The largest absolute Gasteiger partial charge is 0.481 e. The molecule has 1 rings (SSSR count). The number of hydrogen-bond donors (Lipinski definition) is 3. The third-order valence-corrected chi connectivity index (χ3v) is 2.36. The quantitative estimate of drug-likeness (QED) is 0.664. The van der Waals surface area contributed by atoms with Crippen molar-refractivity contribution in [2.75, 3.05) is 0 Å². The molecule has 1 saturated carbocycles. The summed E-state index contributed by atoms with van der Waals surface area (Å²) in [5, 5.41) is 19.8. The summed E-state index contributed by atoms with van der Waals surface area (Å²) < 4.78 is 4.89. The van der Waals surface area contributed by atoms with E-state index < -0.39 is 35.1 Å². The minimum Gasteiger partial charge on any atom is -0.481 e. The van der Waals surface area contributed by atoms with Crippen LogP contribution < -0.4 is 5.32 Å². The minimum absolute atomic E-state index is 0.128. The molecule has 0 bridgehead atoms. The number of amides is 1. The zero-order chi connectivity index (χ0) is 13.4. The fourth-order valence-corrected chi connectivity index (χ4v) is 1.47. The molecule has 7 heteroatoms. The molecule has 0 heterocycles. The van der Waals surface area contributed by atoms with Crippen LogP contribution in [0.25, 0.3) is 0 Å². The zero-order valence-corrected chi connectivity index (χ0v) is 9.81. The molecule has 17 heavy (non-hydrogen) atoms. The van der Waals surface area contributed by atoms with Crippen molar-refractivity contribution >= 4 is 18.0 Å². The molecule has 96 valence electrons. The fraction of sp³-hybridized carbons (Fsp3) is 0.700. The Balaban J connectivity index is 2.69. The topological polar surface area (TPSA) is 113 Å². The van der Waals surface area contributed by atoms with Crippen LogP contribution in [0.1, 0.15) is 27.2 Å². The predicted octanol–water partition coefficient (Wildman–Crippen LogP) is 0.439. The van der Waals surface area contributed by atoms with E-state index in [0.29, 0.717) is 0 Å². The highest BCUT2D eigenvalue weighted by molar-refractivity contribution is 5.96. The molecule has 0 aromatic heterocycles. The summed E-state index contributed by atoms with van der Waals surface area (Å²) in [6.45, 7) is 4.88. The van der Waals surface area contributed by atoms with Gasteiger partial charge >= 0.3 is 18.0 Å². The van der Waals surface area contributed by atoms with Crippen molar-refractivity contribution in [2.45, 2.75) is 38.3 Å². The molecule has 1 amide bonds. The van der Waals surface area contributed by atoms with E-state index in [1.807, 2.05) is 0 Å². The van der Waals surface area contributed by atoms with Crippen molar-refractivity contribution in [3.8, 4) is 0 Å². The Morgan fingerprint density at radius 2 is 1.82 bits per heavy atom. The number of alkyl carbamates (subject to hydrolysis) is 1. The van der Waals surface area contributed by atoms with E-state index in [2.05, 4.69) is 5.32 Å². The third kappa shape index (κ3) is 2.86. The second kappa shape index (κ2) is 3.90. The van der Waals surface area contributed by atoms with Crippen LogP contribution in [0.15, 0.2) is 0 Å². The lowest BCUT2D eigenvalue weighted by molar-refractivity contribution is -0.146. The molecule has 7 nitrogen and oxygen atoms in total. The summed E-state index contributed by atoms with van der Waals surface area (Å²) in [6, 6.07) is 0. The smallest absolute Gasteiger partial charge is 0.408 e. The number of aliphatic carboxylic acids is 2. The molecule has 1 fully saturated rings. The van der Waals surface area contributed by atoms with Gasteiger partial charge in [-0.05, 0) is 27.2 Å². The van der Waals surface area contributed by atoms with Crippen molar-refractivity contribution in [1.82, 2.24) is 5.32 Å². The SMILES string of the molecule is CC(C)(C)OC(=O)N[C@]1(C(=O)O)C[C@H]1C(=O)O. The first-order valence-electron chi connectivity index (χ1n) is 5.06. The summed E-state index contributed by atoms with van der Waals surface area (Å²) in [7, 11) is 0. The van der Waals surface area contributed by atoms with Crippen molar-refractivity contribution in [1.29, 1.82) is 0 Å². The van der Waals surface area contributed by atoms with Crippen LogP contribution in [0.3, 0.4) is 0 Å². The lowest BCUT2D eigenvalue weighted by atomic mass is 10.2. The Morgan fingerprint density at radius 1 is 1.29 bits per heavy atom. The standard InChI is InChI=1S/C10H15NO6/c1-9(2,3)17-8(16)11-10(7(14)15)4-5(10)6(12)13/h5H,4H2,1-3H3,(H,11,16)(H,12,13)(H,14,15)/t5-,10+/m0/s1. The summed E-state index contributed by atoms with van der Waals surface area (Å²) in [5.41, 5.74) is -2.49. The Hall–Kier alpha value is -1.79. The first-order chi connectivity index (χ1) is 7.58. The molecule has 0 saturated heterocycles. The third-order valence-electron chi connectivity index (χ3n) is 2.36. The normalized spacial score (nSPS) is 27.1. The summed E-state index contributed by atoms with van der Waals surface area (Å²) in [4.78, 5) is 33.1. The van der Waals surface area contributed by atoms with Gasteiger partial charge in [0.05, 0.1) is 5.92 Å². The van der Waals surface area contributed by atoms with Crippen LogP contribution in [0.5, 0.6) is 0 Å². The second-order valence-corrected chi connectivity index (χ2v) is 5.00. The monoisotopic (exact) mass is 245 g/mol.